The van der Waals surface area contributed by atoms with Crippen molar-refractivity contribution in [2.45, 2.75) is 45.7 Å². The Labute approximate surface area is 225 Å². The minimum absolute atomic E-state index is 0.106. The van der Waals surface area contributed by atoms with Gasteiger partial charge in [-0.25, -0.2) is 9.67 Å². The average Bonchev–Trinajstić information content (AvgIpc) is 3.64. The number of carbonyl (C=O) groups is 1. The summed E-state index contributed by atoms with van der Waals surface area (Å²) in [6.45, 7) is 13.9. The van der Waals surface area contributed by atoms with Gasteiger partial charge in [-0.1, -0.05) is 24.3 Å². The Kier molecular flexibility index (Phi) is 6.02. The molecule has 1 atom stereocenters. The van der Waals surface area contributed by atoms with Crippen molar-refractivity contribution in [2.75, 3.05) is 50.1 Å². The highest BCUT2D eigenvalue weighted by molar-refractivity contribution is 5.91. The molecule has 0 radical (unpaired) electrons. The van der Waals surface area contributed by atoms with Crippen LogP contribution in [0.1, 0.15) is 41.5 Å². The molecule has 1 aromatic heterocycles. The number of aromatic nitrogens is 3. The fraction of sp³-hybridized carbons (Fsp3) is 0.433. The maximum atomic E-state index is 13.5. The number of carbonyl (C=O) groups excluding carboxylic acids is 1. The summed E-state index contributed by atoms with van der Waals surface area (Å²) >= 11 is 0. The second kappa shape index (κ2) is 9.27. The first-order valence-electron chi connectivity index (χ1n) is 13.6. The van der Waals surface area contributed by atoms with Crippen LogP contribution in [0, 0.1) is 13.8 Å². The molecular weight excluding hydrogens is 474 g/mol. The van der Waals surface area contributed by atoms with Crippen LogP contribution in [0.15, 0.2) is 48.7 Å². The predicted molar refractivity (Wildman–Crippen MR) is 152 cm³/mol. The number of piperazine rings is 1. The van der Waals surface area contributed by atoms with Crippen LogP contribution in [0.2, 0.25) is 0 Å². The van der Waals surface area contributed by atoms with Crippen LogP contribution < -0.4 is 9.80 Å². The molecule has 0 spiro atoms. The molecule has 2 aliphatic heterocycles. The fourth-order valence-corrected chi connectivity index (χ4v) is 5.77. The minimum Gasteiger partial charge on any atom is -0.359 e. The van der Waals surface area contributed by atoms with Gasteiger partial charge in [-0.05, 0) is 70.5 Å². The number of aryl methyl sites for hydroxylation is 2. The van der Waals surface area contributed by atoms with E-state index in [-0.39, 0.29) is 17.8 Å². The van der Waals surface area contributed by atoms with Gasteiger partial charge in [-0.2, -0.15) is 0 Å². The zero-order valence-electron chi connectivity index (χ0n) is 23.1. The topological polar surface area (TPSA) is 60.7 Å². The smallest absolute Gasteiger partial charge is 0.293 e. The monoisotopic (exact) mass is 511 g/mol. The molecule has 1 unspecified atom stereocenters. The largest absolute Gasteiger partial charge is 0.359 e. The second-order valence-corrected chi connectivity index (χ2v) is 11.1. The van der Waals surface area contributed by atoms with Crippen LogP contribution in [0.25, 0.3) is 17.1 Å². The molecule has 0 N–H and O–H groups in total. The molecule has 3 aromatic rings. The van der Waals surface area contributed by atoms with Gasteiger partial charge in [0.1, 0.15) is 0 Å². The van der Waals surface area contributed by atoms with Crippen molar-refractivity contribution in [3.63, 3.8) is 0 Å². The van der Waals surface area contributed by atoms with Crippen molar-refractivity contribution in [2.24, 2.45) is 0 Å². The summed E-state index contributed by atoms with van der Waals surface area (Å²) in [6, 6.07) is 13.5. The maximum Gasteiger partial charge on any atom is 0.293 e. The zero-order valence-corrected chi connectivity index (χ0v) is 23.1. The van der Waals surface area contributed by atoms with Gasteiger partial charge in [0.2, 0.25) is 5.82 Å². The summed E-state index contributed by atoms with van der Waals surface area (Å²) in [5.41, 5.74) is 7.61. The van der Waals surface area contributed by atoms with Gasteiger partial charge < -0.3 is 19.6 Å². The van der Waals surface area contributed by atoms with Gasteiger partial charge in [0.05, 0.1) is 23.1 Å². The summed E-state index contributed by atoms with van der Waals surface area (Å²) in [4.78, 5) is 27.2. The Hall–Kier alpha value is -3.65. The lowest BCUT2D eigenvalue weighted by Crippen LogP contribution is -2.47. The third kappa shape index (κ3) is 4.17. The van der Waals surface area contributed by atoms with E-state index in [4.69, 9.17) is 10.1 Å². The second-order valence-electron chi connectivity index (χ2n) is 11.1. The number of amides is 1. The Bertz CT molecular complexity index is 1410. The van der Waals surface area contributed by atoms with Crippen LogP contribution in [-0.2, 0) is 0 Å². The third-order valence-corrected chi connectivity index (χ3v) is 8.31. The fourth-order valence-electron chi connectivity index (χ4n) is 5.77. The molecule has 1 aliphatic carbocycles. The molecule has 3 aliphatic rings. The van der Waals surface area contributed by atoms with Crippen molar-refractivity contribution in [1.29, 1.82) is 0 Å². The van der Waals surface area contributed by atoms with E-state index in [9.17, 15) is 4.79 Å². The number of fused-ring (bicyclic) bond motifs is 1. The first-order valence-corrected chi connectivity index (χ1v) is 13.6. The minimum atomic E-state index is -0.106. The quantitative estimate of drug-likeness (QED) is 0.522. The SMILES string of the molecule is C=C1C(C)N(C2CC2)c2cc(-c3nc(C(=O)N4CCN(C)CC4)nn3-c3ccc(C)cc3C)ccc2N1C. The van der Waals surface area contributed by atoms with Crippen molar-refractivity contribution in [1.82, 2.24) is 24.6 Å². The van der Waals surface area contributed by atoms with E-state index in [1.165, 1.54) is 24.1 Å². The summed E-state index contributed by atoms with van der Waals surface area (Å²) in [6.07, 6.45) is 2.40. The third-order valence-electron chi connectivity index (χ3n) is 8.31. The number of rotatable bonds is 4. The van der Waals surface area contributed by atoms with Gasteiger partial charge in [-0.15, -0.1) is 5.10 Å². The first kappa shape index (κ1) is 24.7. The highest BCUT2D eigenvalue weighted by Crippen LogP contribution is 2.46. The maximum absolute atomic E-state index is 13.5. The molecule has 198 valence electrons. The normalized spacial score (nSPS) is 20.2. The lowest BCUT2D eigenvalue weighted by molar-refractivity contribution is 0.0652. The van der Waals surface area contributed by atoms with Crippen LogP contribution in [-0.4, -0.2) is 82.8 Å². The molecule has 3 heterocycles. The zero-order chi connectivity index (χ0) is 26.7. The van der Waals surface area contributed by atoms with Gasteiger partial charge >= 0.3 is 0 Å². The number of anilines is 2. The molecule has 2 fully saturated rings. The predicted octanol–water partition coefficient (Wildman–Crippen LogP) is 4.26. The van der Waals surface area contributed by atoms with E-state index < -0.39 is 0 Å². The van der Waals surface area contributed by atoms with Crippen LogP contribution in [0.3, 0.4) is 0 Å². The van der Waals surface area contributed by atoms with Gasteiger partial charge in [0, 0.05) is 50.5 Å². The van der Waals surface area contributed by atoms with E-state index in [0.717, 1.165) is 41.3 Å². The van der Waals surface area contributed by atoms with Gasteiger partial charge in [0.25, 0.3) is 5.91 Å². The standard InChI is InChI=1S/C30H37N7O/c1-19-7-11-25(20(2)17-19)37-29(31-28(32-37)30(38)35-15-13-33(5)14-16-35)23-8-12-26-27(18-23)36(24-9-10-24)22(4)21(3)34(26)6/h7-8,11-12,17-18,22,24H,3,9-10,13-16H2,1-2,4-6H3. The van der Waals surface area contributed by atoms with Gasteiger partial charge in [0.15, 0.2) is 5.82 Å². The molecule has 2 aromatic carbocycles. The number of hydrogen-bond donors (Lipinski definition) is 0. The molecule has 38 heavy (non-hydrogen) atoms. The van der Waals surface area contributed by atoms with E-state index in [1.807, 2.05) is 9.58 Å². The van der Waals surface area contributed by atoms with E-state index in [0.29, 0.717) is 25.0 Å². The Morgan fingerprint density at radius 3 is 2.34 bits per heavy atom. The van der Waals surface area contributed by atoms with Crippen molar-refractivity contribution >= 4 is 17.3 Å². The number of benzene rings is 2. The van der Waals surface area contributed by atoms with Crippen molar-refractivity contribution in [3.05, 3.63) is 65.6 Å². The summed E-state index contributed by atoms with van der Waals surface area (Å²) in [5.74, 6) is 0.831. The number of likely N-dealkylation sites (N-methyl/N-ethyl adjacent to an activating group) is 2. The van der Waals surface area contributed by atoms with Gasteiger partial charge in [-0.3, -0.25) is 4.79 Å². The first-order chi connectivity index (χ1) is 18.2. The Morgan fingerprint density at radius 1 is 0.947 bits per heavy atom. The van der Waals surface area contributed by atoms with Crippen LogP contribution >= 0.6 is 0 Å². The molecule has 8 heteroatoms. The van der Waals surface area contributed by atoms with E-state index in [1.54, 1.807) is 0 Å². The van der Waals surface area contributed by atoms with Crippen molar-refractivity contribution in [3.8, 4) is 17.1 Å². The molecule has 8 nitrogen and oxygen atoms in total. The molecule has 1 amide bonds. The molecule has 0 bridgehead atoms. The summed E-state index contributed by atoms with van der Waals surface area (Å²) in [7, 11) is 4.17. The van der Waals surface area contributed by atoms with E-state index in [2.05, 4.69) is 92.5 Å². The lowest BCUT2D eigenvalue weighted by atomic mass is 10.0. The summed E-state index contributed by atoms with van der Waals surface area (Å²) < 4.78 is 1.86. The van der Waals surface area contributed by atoms with Crippen LogP contribution in [0.4, 0.5) is 11.4 Å². The molecule has 1 saturated heterocycles. The van der Waals surface area contributed by atoms with E-state index >= 15 is 0 Å². The van der Waals surface area contributed by atoms with Crippen LogP contribution in [0.5, 0.6) is 0 Å². The highest BCUT2D eigenvalue weighted by Gasteiger charge is 2.39. The highest BCUT2D eigenvalue weighted by atomic mass is 16.2. The Morgan fingerprint density at radius 2 is 1.66 bits per heavy atom. The number of nitrogens with zero attached hydrogens (tertiary/aromatic N) is 7. The van der Waals surface area contributed by atoms with Crippen molar-refractivity contribution < 1.29 is 4.79 Å². The molecule has 1 saturated carbocycles. The molecule has 6 rings (SSSR count). The lowest BCUT2D eigenvalue weighted by Gasteiger charge is -2.44. The number of hydrogen-bond acceptors (Lipinski definition) is 6. The summed E-state index contributed by atoms with van der Waals surface area (Å²) in [5, 5.41) is 4.82. The average molecular weight is 512 g/mol. The molecular formula is C30H37N7O. The Balaban J connectivity index is 1.47.